The predicted molar refractivity (Wildman–Crippen MR) is 115 cm³/mol. The summed E-state index contributed by atoms with van der Waals surface area (Å²) >= 11 is 0. The summed E-state index contributed by atoms with van der Waals surface area (Å²) in [5.41, 5.74) is -0.191. The van der Waals surface area contributed by atoms with E-state index in [2.05, 4.69) is 39.9 Å². The van der Waals surface area contributed by atoms with Crippen molar-refractivity contribution in [3.8, 4) is 0 Å². The van der Waals surface area contributed by atoms with Gasteiger partial charge in [-0.05, 0) is 100 Å². The van der Waals surface area contributed by atoms with E-state index in [1.807, 2.05) is 6.08 Å². The van der Waals surface area contributed by atoms with Gasteiger partial charge < -0.3 is 10.1 Å². The third-order valence-corrected chi connectivity index (χ3v) is 9.49. The van der Waals surface area contributed by atoms with Crippen molar-refractivity contribution in [1.29, 1.82) is 0 Å². The van der Waals surface area contributed by atoms with Crippen LogP contribution in [0.15, 0.2) is 12.0 Å². The van der Waals surface area contributed by atoms with Crippen LogP contribution in [0.5, 0.6) is 0 Å². The van der Waals surface area contributed by atoms with Crippen molar-refractivity contribution in [2.24, 2.45) is 34.5 Å². The van der Waals surface area contributed by atoms with E-state index < -0.39 is 11.9 Å². The monoisotopic (exact) mass is 428 g/mol. The number of amides is 2. The highest BCUT2D eigenvalue weighted by atomic mass is 16.6. The molecule has 7 atom stereocenters. The molecule has 5 aliphatic rings. The van der Waals surface area contributed by atoms with Gasteiger partial charge in [-0.2, -0.15) is 0 Å². The van der Waals surface area contributed by atoms with Crippen LogP contribution < -0.4 is 5.32 Å². The highest BCUT2D eigenvalue weighted by Crippen LogP contribution is 2.66. The van der Waals surface area contributed by atoms with E-state index in [1.54, 1.807) is 4.90 Å². The number of hydrogen-bond acceptors (Lipinski definition) is 4. The molecule has 1 N–H and O–H groups in total. The van der Waals surface area contributed by atoms with Crippen LogP contribution in [-0.2, 0) is 19.1 Å². The lowest BCUT2D eigenvalue weighted by Gasteiger charge is -2.60. The SMILES string of the molecule is CC(C)(C)NC(=O)[C@H]1CC[C@H]2[C@@H]3CC[C@H]4N5C(=O)C(=O)OC5=CC[C@]4(C)[C@H]3CC[C@]12C. The Morgan fingerprint density at radius 3 is 2.48 bits per heavy atom. The molecule has 2 amide bonds. The van der Waals surface area contributed by atoms with E-state index in [-0.39, 0.29) is 34.2 Å². The first-order valence-electron chi connectivity index (χ1n) is 12.0. The minimum Gasteiger partial charge on any atom is -0.402 e. The van der Waals surface area contributed by atoms with Gasteiger partial charge in [-0.1, -0.05) is 13.8 Å². The Morgan fingerprint density at radius 1 is 1.06 bits per heavy atom. The molecule has 3 aliphatic carbocycles. The molecule has 4 fully saturated rings. The lowest BCUT2D eigenvalue weighted by molar-refractivity contribution is -0.152. The van der Waals surface area contributed by atoms with E-state index in [0.29, 0.717) is 23.6 Å². The van der Waals surface area contributed by atoms with Gasteiger partial charge in [-0.25, -0.2) is 4.79 Å². The molecule has 2 aliphatic heterocycles. The molecule has 31 heavy (non-hydrogen) atoms. The van der Waals surface area contributed by atoms with Crippen LogP contribution in [0.4, 0.5) is 0 Å². The average Bonchev–Trinajstić information content (AvgIpc) is 3.17. The molecule has 0 aromatic carbocycles. The van der Waals surface area contributed by atoms with Gasteiger partial charge in [-0.15, -0.1) is 0 Å². The Bertz CT molecular complexity index is 873. The Morgan fingerprint density at radius 2 is 1.77 bits per heavy atom. The Hall–Kier alpha value is -1.85. The first-order valence-corrected chi connectivity index (χ1v) is 12.0. The Labute approximate surface area is 185 Å². The summed E-state index contributed by atoms with van der Waals surface area (Å²) in [6.45, 7) is 10.8. The fourth-order valence-corrected chi connectivity index (χ4v) is 8.16. The zero-order chi connectivity index (χ0) is 22.3. The minimum absolute atomic E-state index is 0.0385. The van der Waals surface area contributed by atoms with Crippen LogP contribution in [0, 0.1) is 34.5 Å². The van der Waals surface area contributed by atoms with Crippen molar-refractivity contribution in [3.05, 3.63) is 12.0 Å². The van der Waals surface area contributed by atoms with Gasteiger partial charge in [0, 0.05) is 17.5 Å². The number of carbonyl (C=O) groups is 3. The minimum atomic E-state index is -0.739. The predicted octanol–water partition coefficient (Wildman–Crippen LogP) is 3.76. The smallest absolute Gasteiger partial charge is 0.402 e. The van der Waals surface area contributed by atoms with Gasteiger partial charge in [-0.3, -0.25) is 14.5 Å². The molecular weight excluding hydrogens is 392 g/mol. The van der Waals surface area contributed by atoms with Crippen LogP contribution >= 0.6 is 0 Å². The second-order valence-electron chi connectivity index (χ2n) is 12.2. The Kier molecular flexibility index (Phi) is 4.46. The summed E-state index contributed by atoms with van der Waals surface area (Å²) in [7, 11) is 0. The summed E-state index contributed by atoms with van der Waals surface area (Å²) in [6.07, 6.45) is 9.02. The van der Waals surface area contributed by atoms with Gasteiger partial charge in [0.25, 0.3) is 0 Å². The number of ether oxygens (including phenoxy) is 1. The largest absolute Gasteiger partial charge is 0.404 e. The second-order valence-corrected chi connectivity index (χ2v) is 12.2. The average molecular weight is 429 g/mol. The van der Waals surface area contributed by atoms with E-state index in [9.17, 15) is 14.4 Å². The zero-order valence-corrected chi connectivity index (χ0v) is 19.5. The van der Waals surface area contributed by atoms with E-state index in [1.165, 1.54) is 0 Å². The summed E-state index contributed by atoms with van der Waals surface area (Å²) in [5, 5.41) is 3.24. The van der Waals surface area contributed by atoms with Gasteiger partial charge in [0.1, 0.15) is 0 Å². The maximum atomic E-state index is 13.2. The number of fused-ring (bicyclic) bond motifs is 7. The van der Waals surface area contributed by atoms with Crippen molar-refractivity contribution < 1.29 is 19.1 Å². The zero-order valence-electron chi connectivity index (χ0n) is 19.5. The summed E-state index contributed by atoms with van der Waals surface area (Å²) in [5.74, 6) is 1.17. The third-order valence-electron chi connectivity index (χ3n) is 9.49. The summed E-state index contributed by atoms with van der Waals surface area (Å²) < 4.78 is 5.23. The maximum Gasteiger partial charge on any atom is 0.404 e. The number of hydrogen-bond donors (Lipinski definition) is 1. The van der Waals surface area contributed by atoms with Crippen molar-refractivity contribution >= 4 is 17.8 Å². The normalized spacial score (nSPS) is 44.0. The number of nitrogens with one attached hydrogen (secondary N) is 1. The van der Waals surface area contributed by atoms with Crippen molar-refractivity contribution in [2.45, 2.75) is 91.1 Å². The molecule has 0 bridgehead atoms. The molecule has 0 aromatic rings. The lowest BCUT2D eigenvalue weighted by atomic mass is 9.47. The molecule has 6 nitrogen and oxygen atoms in total. The highest BCUT2D eigenvalue weighted by molar-refractivity contribution is 6.35. The second kappa shape index (κ2) is 6.58. The highest BCUT2D eigenvalue weighted by Gasteiger charge is 2.63. The molecule has 0 radical (unpaired) electrons. The van der Waals surface area contributed by atoms with Crippen molar-refractivity contribution in [3.63, 3.8) is 0 Å². The van der Waals surface area contributed by atoms with Gasteiger partial charge in [0.15, 0.2) is 0 Å². The number of esters is 1. The molecular formula is C25H36N2O4. The topological polar surface area (TPSA) is 75.7 Å². The fraction of sp³-hybridized carbons (Fsp3) is 0.800. The van der Waals surface area contributed by atoms with Gasteiger partial charge >= 0.3 is 11.9 Å². The molecule has 6 heteroatoms. The van der Waals surface area contributed by atoms with Crippen LogP contribution in [0.1, 0.15) is 79.6 Å². The van der Waals surface area contributed by atoms with Crippen molar-refractivity contribution in [2.75, 3.05) is 0 Å². The van der Waals surface area contributed by atoms with Gasteiger partial charge in [0.2, 0.25) is 11.8 Å². The van der Waals surface area contributed by atoms with Crippen molar-refractivity contribution in [1.82, 2.24) is 10.2 Å². The lowest BCUT2D eigenvalue weighted by Crippen LogP contribution is -2.60. The standard InChI is InChI=1S/C25H36N2O4/c1-23(2,3)26-20(28)17-8-7-15-14-6-9-18-25(5,16(14)10-12-24(15,17)4)13-11-19-27(18)21(29)22(30)31-19/h11,14-18H,6-10,12-13H2,1-5H3,(H,26,28)/t14-,15-,16-,17+,18+,24-,25+/m0/s1. The van der Waals surface area contributed by atoms with Crippen LogP contribution in [0.3, 0.4) is 0 Å². The third kappa shape index (κ3) is 2.92. The van der Waals surface area contributed by atoms with Crippen LogP contribution in [0.25, 0.3) is 0 Å². The molecule has 5 rings (SSSR count). The molecule has 3 saturated carbocycles. The van der Waals surface area contributed by atoms with E-state index >= 15 is 0 Å². The van der Waals surface area contributed by atoms with Crippen LogP contribution in [-0.4, -0.2) is 34.3 Å². The molecule has 0 aromatic heterocycles. The first kappa shape index (κ1) is 21.0. The summed E-state index contributed by atoms with van der Waals surface area (Å²) in [6, 6.07) is 0.0402. The fourth-order valence-electron chi connectivity index (χ4n) is 8.16. The number of rotatable bonds is 1. The number of allylic oxidation sites excluding steroid dienone is 1. The maximum absolute atomic E-state index is 13.2. The first-order chi connectivity index (χ1) is 14.5. The van der Waals surface area contributed by atoms with E-state index in [4.69, 9.17) is 4.74 Å². The van der Waals surface area contributed by atoms with Crippen LogP contribution in [0.2, 0.25) is 0 Å². The summed E-state index contributed by atoms with van der Waals surface area (Å²) in [4.78, 5) is 39.2. The van der Waals surface area contributed by atoms with Gasteiger partial charge in [0.05, 0.1) is 0 Å². The molecule has 0 spiro atoms. The molecule has 1 saturated heterocycles. The Balaban J connectivity index is 1.41. The molecule has 170 valence electrons. The molecule has 2 heterocycles. The molecule has 0 unspecified atom stereocenters. The number of nitrogens with zero attached hydrogens (tertiary/aromatic N) is 1. The number of carbonyl (C=O) groups excluding carboxylic acids is 3. The van der Waals surface area contributed by atoms with E-state index in [0.717, 1.165) is 44.9 Å². The quantitative estimate of drug-likeness (QED) is 0.510.